The summed E-state index contributed by atoms with van der Waals surface area (Å²) in [5, 5.41) is 0. The number of nitrogens with zero attached hydrogens (tertiary/aromatic N) is 2. The smallest absolute Gasteiger partial charge is 0.220 e. The van der Waals surface area contributed by atoms with Crippen LogP contribution in [0.15, 0.2) is 24.3 Å². The number of carbonyl (C=O) groups is 1. The van der Waals surface area contributed by atoms with Crippen molar-refractivity contribution in [2.45, 2.75) is 25.8 Å². The first-order valence-electron chi connectivity index (χ1n) is 8.89. The van der Waals surface area contributed by atoms with Crippen LogP contribution in [0.3, 0.4) is 0 Å². The maximum atomic E-state index is 12.1. The molecule has 3 rings (SSSR count). The maximum absolute atomic E-state index is 12.1. The second kappa shape index (κ2) is 7.99. The van der Waals surface area contributed by atoms with Gasteiger partial charge in [0, 0.05) is 51.9 Å². The molecule has 1 amide bonds. The number of rotatable bonds is 4. The predicted octanol–water partition coefficient (Wildman–Crippen LogP) is 2.33. The van der Waals surface area contributed by atoms with E-state index in [0.717, 1.165) is 63.5 Å². The molecule has 0 radical (unpaired) electrons. The molecule has 0 spiro atoms. The van der Waals surface area contributed by atoms with Crippen molar-refractivity contribution in [1.82, 2.24) is 9.80 Å². The van der Waals surface area contributed by atoms with Gasteiger partial charge in [-0.3, -0.25) is 9.69 Å². The Morgan fingerprint density at radius 1 is 1.25 bits per heavy atom. The summed E-state index contributed by atoms with van der Waals surface area (Å²) < 4.78 is 11.0. The first-order valence-corrected chi connectivity index (χ1v) is 8.89. The van der Waals surface area contributed by atoms with Crippen LogP contribution < -0.4 is 4.74 Å². The minimum absolute atomic E-state index is 0.0623. The van der Waals surface area contributed by atoms with Gasteiger partial charge in [-0.15, -0.1) is 0 Å². The highest BCUT2D eigenvalue weighted by atomic mass is 16.5. The third-order valence-corrected chi connectivity index (χ3v) is 5.22. The third-order valence-electron chi connectivity index (χ3n) is 5.22. The lowest BCUT2D eigenvalue weighted by molar-refractivity contribution is -0.134. The molecule has 2 heterocycles. The predicted molar refractivity (Wildman–Crippen MR) is 93.1 cm³/mol. The molecule has 2 aliphatic heterocycles. The number of para-hydroxylation sites is 1. The second-order valence-corrected chi connectivity index (χ2v) is 6.79. The molecule has 0 unspecified atom stereocenters. The number of piperazine rings is 1. The van der Waals surface area contributed by atoms with E-state index in [-0.39, 0.29) is 11.9 Å². The molecule has 2 aliphatic rings. The summed E-state index contributed by atoms with van der Waals surface area (Å²) >= 11 is 0. The van der Waals surface area contributed by atoms with Crippen LogP contribution in [0, 0.1) is 5.92 Å². The fourth-order valence-corrected chi connectivity index (χ4v) is 3.88. The normalized spacial score (nSPS) is 23.2. The summed E-state index contributed by atoms with van der Waals surface area (Å²) in [6, 6.07) is 8.12. The lowest BCUT2D eigenvalue weighted by Crippen LogP contribution is -2.51. The molecular weight excluding hydrogens is 304 g/mol. The van der Waals surface area contributed by atoms with Gasteiger partial charge in [0.1, 0.15) is 5.75 Å². The van der Waals surface area contributed by atoms with Crippen LogP contribution in [0.5, 0.6) is 5.75 Å². The van der Waals surface area contributed by atoms with Gasteiger partial charge in [-0.25, -0.2) is 0 Å². The Kier molecular flexibility index (Phi) is 5.74. The molecule has 0 aliphatic carbocycles. The van der Waals surface area contributed by atoms with Gasteiger partial charge in [-0.2, -0.15) is 0 Å². The highest BCUT2D eigenvalue weighted by Crippen LogP contribution is 2.32. The zero-order valence-electron chi connectivity index (χ0n) is 14.7. The fraction of sp³-hybridized carbons (Fsp3) is 0.632. The number of hydrogen-bond donors (Lipinski definition) is 0. The van der Waals surface area contributed by atoms with Crippen LogP contribution in [0.25, 0.3) is 0 Å². The highest BCUT2D eigenvalue weighted by Gasteiger charge is 2.32. The van der Waals surface area contributed by atoms with Gasteiger partial charge in [-0.05, 0) is 24.8 Å². The number of hydrogen-bond acceptors (Lipinski definition) is 4. The SMILES string of the molecule is COc1ccccc1[C@H]1CN(CC2CCOCC2)CCN1C(C)=O. The van der Waals surface area contributed by atoms with E-state index in [1.165, 1.54) is 0 Å². The summed E-state index contributed by atoms with van der Waals surface area (Å²) in [7, 11) is 1.69. The summed E-state index contributed by atoms with van der Waals surface area (Å²) in [5.74, 6) is 1.71. The van der Waals surface area contributed by atoms with E-state index in [9.17, 15) is 4.79 Å². The number of methoxy groups -OCH3 is 1. The van der Waals surface area contributed by atoms with Gasteiger partial charge in [-0.1, -0.05) is 18.2 Å². The standard InChI is InChI=1S/C19H28N2O3/c1-15(22)21-10-9-20(13-16-7-11-24-12-8-16)14-18(21)17-5-3-4-6-19(17)23-2/h3-6,16,18H,7-14H2,1-2H3/t18-/m1/s1. The first kappa shape index (κ1) is 17.2. The average Bonchev–Trinajstić information content (AvgIpc) is 2.62. The number of carbonyl (C=O) groups excluding carboxylic acids is 1. The second-order valence-electron chi connectivity index (χ2n) is 6.79. The van der Waals surface area contributed by atoms with Crippen molar-refractivity contribution >= 4 is 5.91 Å². The van der Waals surface area contributed by atoms with E-state index < -0.39 is 0 Å². The molecule has 2 saturated heterocycles. The summed E-state index contributed by atoms with van der Waals surface area (Å²) in [4.78, 5) is 16.6. The lowest BCUT2D eigenvalue weighted by atomic mass is 9.97. The van der Waals surface area contributed by atoms with Crippen molar-refractivity contribution in [2.24, 2.45) is 5.92 Å². The number of amides is 1. The van der Waals surface area contributed by atoms with Gasteiger partial charge in [0.05, 0.1) is 13.2 Å². The zero-order chi connectivity index (χ0) is 16.9. The molecule has 132 valence electrons. The maximum Gasteiger partial charge on any atom is 0.220 e. The molecule has 0 aromatic heterocycles. The quantitative estimate of drug-likeness (QED) is 0.849. The minimum Gasteiger partial charge on any atom is -0.496 e. The molecule has 5 nitrogen and oxygen atoms in total. The van der Waals surface area contributed by atoms with Crippen LogP contribution in [0.4, 0.5) is 0 Å². The van der Waals surface area contributed by atoms with E-state index in [0.29, 0.717) is 5.92 Å². The van der Waals surface area contributed by atoms with E-state index in [2.05, 4.69) is 11.0 Å². The molecule has 2 fully saturated rings. The Morgan fingerprint density at radius 3 is 2.71 bits per heavy atom. The Balaban J connectivity index is 1.75. The molecule has 1 aromatic rings. The van der Waals surface area contributed by atoms with Crippen molar-refractivity contribution in [3.63, 3.8) is 0 Å². The van der Waals surface area contributed by atoms with Gasteiger partial charge in [0.25, 0.3) is 0 Å². The molecule has 0 N–H and O–H groups in total. The largest absolute Gasteiger partial charge is 0.496 e. The Labute approximate surface area is 144 Å². The highest BCUT2D eigenvalue weighted by molar-refractivity contribution is 5.74. The lowest BCUT2D eigenvalue weighted by Gasteiger charge is -2.43. The van der Waals surface area contributed by atoms with Crippen LogP contribution in [0.1, 0.15) is 31.4 Å². The van der Waals surface area contributed by atoms with Crippen LogP contribution >= 0.6 is 0 Å². The van der Waals surface area contributed by atoms with E-state index >= 15 is 0 Å². The number of benzene rings is 1. The Bertz CT molecular complexity index is 557. The number of ether oxygens (including phenoxy) is 2. The summed E-state index contributed by atoms with van der Waals surface area (Å²) in [6.07, 6.45) is 2.29. The fourth-order valence-electron chi connectivity index (χ4n) is 3.88. The molecule has 24 heavy (non-hydrogen) atoms. The van der Waals surface area contributed by atoms with E-state index in [1.54, 1.807) is 14.0 Å². The molecule has 5 heteroatoms. The van der Waals surface area contributed by atoms with Gasteiger partial charge in [0.2, 0.25) is 5.91 Å². The third kappa shape index (κ3) is 3.90. The minimum atomic E-state index is 0.0623. The van der Waals surface area contributed by atoms with E-state index in [1.807, 2.05) is 23.1 Å². The van der Waals surface area contributed by atoms with Crippen LogP contribution in [-0.4, -0.2) is 62.2 Å². The van der Waals surface area contributed by atoms with Crippen molar-refractivity contribution in [1.29, 1.82) is 0 Å². The van der Waals surface area contributed by atoms with Gasteiger partial charge < -0.3 is 14.4 Å². The summed E-state index contributed by atoms with van der Waals surface area (Å²) in [6.45, 7) is 7.13. The topological polar surface area (TPSA) is 42.0 Å². The van der Waals surface area contributed by atoms with E-state index in [4.69, 9.17) is 9.47 Å². The molecule has 1 aromatic carbocycles. The van der Waals surface area contributed by atoms with Gasteiger partial charge in [0.15, 0.2) is 0 Å². The molecular formula is C19H28N2O3. The molecule has 0 bridgehead atoms. The molecule has 1 atom stereocenters. The van der Waals surface area contributed by atoms with Gasteiger partial charge >= 0.3 is 0 Å². The Hall–Kier alpha value is -1.59. The summed E-state index contributed by atoms with van der Waals surface area (Å²) in [5.41, 5.74) is 1.10. The zero-order valence-corrected chi connectivity index (χ0v) is 14.7. The van der Waals surface area contributed by atoms with Crippen molar-refractivity contribution in [3.05, 3.63) is 29.8 Å². The van der Waals surface area contributed by atoms with Crippen LogP contribution in [0.2, 0.25) is 0 Å². The van der Waals surface area contributed by atoms with Crippen LogP contribution in [-0.2, 0) is 9.53 Å². The van der Waals surface area contributed by atoms with Crippen molar-refractivity contribution in [2.75, 3.05) is 46.5 Å². The average molecular weight is 332 g/mol. The Morgan fingerprint density at radius 2 is 2.00 bits per heavy atom. The van der Waals surface area contributed by atoms with Crippen molar-refractivity contribution in [3.8, 4) is 5.75 Å². The van der Waals surface area contributed by atoms with Crippen molar-refractivity contribution < 1.29 is 14.3 Å². The first-order chi connectivity index (χ1) is 11.7. The monoisotopic (exact) mass is 332 g/mol. The molecule has 0 saturated carbocycles.